The molecule has 2 aromatic rings. The van der Waals surface area contributed by atoms with Gasteiger partial charge in [-0.3, -0.25) is 4.99 Å². The molecule has 0 spiro atoms. The maximum absolute atomic E-state index is 5.50. The first kappa shape index (κ1) is 19.4. The topological polar surface area (TPSA) is 71.7 Å². The van der Waals surface area contributed by atoms with Gasteiger partial charge in [0, 0.05) is 25.8 Å². The largest absolute Gasteiger partial charge is 0.444 e. The molecule has 0 radical (unpaired) electrons. The second-order valence-electron chi connectivity index (χ2n) is 4.56. The van der Waals surface area contributed by atoms with Crippen LogP contribution in [0.1, 0.15) is 12.6 Å². The quantitative estimate of drug-likeness (QED) is 0.306. The highest BCUT2D eigenvalue weighted by molar-refractivity contribution is 14.0. The highest BCUT2D eigenvalue weighted by Gasteiger charge is 2.06. The molecule has 0 unspecified atom stereocenters. The molecule has 0 fully saturated rings. The SMILES string of the molecule is CCOCCNC(=NC)NCc1coc(-c2ccccc2)n1.I. The predicted octanol–water partition coefficient (Wildman–Crippen LogP) is 2.66. The fourth-order valence-corrected chi connectivity index (χ4v) is 1.88. The van der Waals surface area contributed by atoms with Crippen molar-refractivity contribution in [3.8, 4) is 11.5 Å². The van der Waals surface area contributed by atoms with Crippen LogP contribution >= 0.6 is 24.0 Å². The minimum atomic E-state index is 0. The van der Waals surface area contributed by atoms with E-state index in [0.29, 0.717) is 31.5 Å². The van der Waals surface area contributed by atoms with Gasteiger partial charge in [-0.15, -0.1) is 24.0 Å². The molecule has 1 aromatic carbocycles. The standard InChI is InChI=1S/C16H22N4O2.HI/c1-3-21-10-9-18-16(17-2)19-11-14-12-22-15(20-14)13-7-5-4-6-8-13;/h4-8,12H,3,9-11H2,1-2H3,(H2,17,18,19);1H. The normalized spacial score (nSPS) is 11.0. The van der Waals surface area contributed by atoms with Crippen molar-refractivity contribution in [3.63, 3.8) is 0 Å². The average molecular weight is 430 g/mol. The Labute approximate surface area is 153 Å². The second-order valence-corrected chi connectivity index (χ2v) is 4.56. The van der Waals surface area contributed by atoms with E-state index in [1.165, 1.54) is 0 Å². The number of nitrogens with one attached hydrogen (secondary N) is 2. The second kappa shape index (κ2) is 11.0. The van der Waals surface area contributed by atoms with E-state index in [-0.39, 0.29) is 24.0 Å². The number of aromatic nitrogens is 1. The molecule has 0 bridgehead atoms. The zero-order valence-corrected chi connectivity index (χ0v) is 15.7. The predicted molar refractivity (Wildman–Crippen MR) is 102 cm³/mol. The van der Waals surface area contributed by atoms with Crippen molar-refractivity contribution in [1.82, 2.24) is 15.6 Å². The number of rotatable bonds is 7. The van der Waals surface area contributed by atoms with Gasteiger partial charge in [0.25, 0.3) is 0 Å². The van der Waals surface area contributed by atoms with Crippen LogP contribution in [0.5, 0.6) is 0 Å². The van der Waals surface area contributed by atoms with Crippen molar-refractivity contribution in [2.75, 3.05) is 26.8 Å². The number of hydrogen-bond donors (Lipinski definition) is 2. The smallest absolute Gasteiger partial charge is 0.226 e. The molecule has 6 nitrogen and oxygen atoms in total. The van der Waals surface area contributed by atoms with Crippen molar-refractivity contribution >= 4 is 29.9 Å². The number of oxazole rings is 1. The average Bonchev–Trinajstić information content (AvgIpc) is 3.04. The number of guanidine groups is 1. The Balaban J connectivity index is 0.00000264. The Kier molecular flexibility index (Phi) is 9.30. The molecule has 2 rings (SSSR count). The maximum atomic E-state index is 5.50. The molecule has 0 aliphatic heterocycles. The van der Waals surface area contributed by atoms with Crippen LogP contribution in [0.15, 0.2) is 46.0 Å². The first-order valence-electron chi connectivity index (χ1n) is 7.35. The van der Waals surface area contributed by atoms with E-state index in [9.17, 15) is 0 Å². The van der Waals surface area contributed by atoms with Crippen LogP contribution in [0.25, 0.3) is 11.5 Å². The summed E-state index contributed by atoms with van der Waals surface area (Å²) in [6.07, 6.45) is 1.66. The van der Waals surface area contributed by atoms with Gasteiger partial charge < -0.3 is 19.8 Å². The molecule has 0 saturated carbocycles. The Morgan fingerprint density at radius 2 is 2.04 bits per heavy atom. The summed E-state index contributed by atoms with van der Waals surface area (Å²) in [6.45, 7) is 4.60. The minimum absolute atomic E-state index is 0. The van der Waals surface area contributed by atoms with Gasteiger partial charge in [0.15, 0.2) is 5.96 Å². The number of hydrogen-bond acceptors (Lipinski definition) is 4. The summed E-state index contributed by atoms with van der Waals surface area (Å²) in [5.74, 6) is 1.33. The highest BCUT2D eigenvalue weighted by atomic mass is 127. The summed E-state index contributed by atoms with van der Waals surface area (Å²) >= 11 is 0. The summed E-state index contributed by atoms with van der Waals surface area (Å²) in [7, 11) is 1.73. The fraction of sp³-hybridized carbons (Fsp3) is 0.375. The molecule has 1 heterocycles. The molecule has 1 aromatic heterocycles. The number of aliphatic imine (C=N–C) groups is 1. The van der Waals surface area contributed by atoms with Crippen LogP contribution in [-0.2, 0) is 11.3 Å². The Morgan fingerprint density at radius 3 is 2.74 bits per heavy atom. The lowest BCUT2D eigenvalue weighted by Crippen LogP contribution is -2.38. The van der Waals surface area contributed by atoms with Crippen LogP contribution in [0.3, 0.4) is 0 Å². The molecule has 0 saturated heterocycles. The van der Waals surface area contributed by atoms with Gasteiger partial charge in [-0.2, -0.15) is 0 Å². The molecule has 0 aliphatic rings. The summed E-state index contributed by atoms with van der Waals surface area (Å²) < 4.78 is 10.8. The van der Waals surface area contributed by atoms with Crippen LogP contribution < -0.4 is 10.6 Å². The van der Waals surface area contributed by atoms with E-state index in [4.69, 9.17) is 9.15 Å². The van der Waals surface area contributed by atoms with Crippen LogP contribution in [0.4, 0.5) is 0 Å². The minimum Gasteiger partial charge on any atom is -0.444 e. The molecule has 7 heteroatoms. The van der Waals surface area contributed by atoms with Crippen molar-refractivity contribution in [2.24, 2.45) is 4.99 Å². The molecule has 23 heavy (non-hydrogen) atoms. The van der Waals surface area contributed by atoms with E-state index >= 15 is 0 Å². The zero-order valence-electron chi connectivity index (χ0n) is 13.4. The fourth-order valence-electron chi connectivity index (χ4n) is 1.88. The lowest BCUT2D eigenvalue weighted by molar-refractivity contribution is 0.152. The van der Waals surface area contributed by atoms with Gasteiger partial charge in [0.05, 0.1) is 18.8 Å². The zero-order chi connectivity index (χ0) is 15.6. The van der Waals surface area contributed by atoms with Crippen molar-refractivity contribution in [2.45, 2.75) is 13.5 Å². The van der Waals surface area contributed by atoms with Crippen molar-refractivity contribution < 1.29 is 9.15 Å². The number of halogens is 1. The number of nitrogens with zero attached hydrogens (tertiary/aromatic N) is 2. The maximum Gasteiger partial charge on any atom is 0.226 e. The molecule has 126 valence electrons. The van der Waals surface area contributed by atoms with E-state index in [1.54, 1.807) is 13.3 Å². The monoisotopic (exact) mass is 430 g/mol. The summed E-state index contributed by atoms with van der Waals surface area (Å²) in [4.78, 5) is 8.61. The van der Waals surface area contributed by atoms with Crippen LogP contribution in [0.2, 0.25) is 0 Å². The van der Waals surface area contributed by atoms with Crippen molar-refractivity contribution in [3.05, 3.63) is 42.3 Å². The van der Waals surface area contributed by atoms with Gasteiger partial charge in [0.2, 0.25) is 5.89 Å². The Morgan fingerprint density at radius 1 is 1.26 bits per heavy atom. The summed E-state index contributed by atoms with van der Waals surface area (Å²) in [5.41, 5.74) is 1.79. The number of benzene rings is 1. The van der Waals surface area contributed by atoms with Crippen LogP contribution in [0, 0.1) is 0 Å². The molecule has 0 atom stereocenters. The van der Waals surface area contributed by atoms with E-state index in [1.807, 2.05) is 37.3 Å². The third kappa shape index (κ3) is 6.57. The number of ether oxygens (including phenoxy) is 1. The van der Waals surface area contributed by atoms with E-state index in [2.05, 4.69) is 20.6 Å². The summed E-state index contributed by atoms with van der Waals surface area (Å²) in [5, 5.41) is 6.36. The first-order chi connectivity index (χ1) is 10.8. The molecule has 0 amide bonds. The Bertz CT molecular complexity index is 587. The highest BCUT2D eigenvalue weighted by Crippen LogP contribution is 2.17. The molecular weight excluding hydrogens is 407 g/mol. The third-order valence-corrected chi connectivity index (χ3v) is 2.98. The first-order valence-corrected chi connectivity index (χ1v) is 7.35. The Hall–Kier alpha value is -1.61. The van der Waals surface area contributed by atoms with Gasteiger partial charge in [-0.1, -0.05) is 18.2 Å². The van der Waals surface area contributed by atoms with Gasteiger partial charge in [-0.25, -0.2) is 4.98 Å². The summed E-state index contributed by atoms with van der Waals surface area (Å²) in [6, 6.07) is 9.82. The lowest BCUT2D eigenvalue weighted by Gasteiger charge is -2.10. The third-order valence-electron chi connectivity index (χ3n) is 2.98. The van der Waals surface area contributed by atoms with Gasteiger partial charge >= 0.3 is 0 Å². The van der Waals surface area contributed by atoms with Crippen LogP contribution in [-0.4, -0.2) is 37.7 Å². The van der Waals surface area contributed by atoms with Gasteiger partial charge in [-0.05, 0) is 19.1 Å². The molecule has 0 aliphatic carbocycles. The van der Waals surface area contributed by atoms with Gasteiger partial charge in [0.1, 0.15) is 6.26 Å². The lowest BCUT2D eigenvalue weighted by atomic mass is 10.2. The molecule has 2 N–H and O–H groups in total. The van der Waals surface area contributed by atoms with E-state index < -0.39 is 0 Å². The van der Waals surface area contributed by atoms with E-state index in [0.717, 1.165) is 17.9 Å². The molecular formula is C16H23IN4O2. The van der Waals surface area contributed by atoms with Crippen molar-refractivity contribution in [1.29, 1.82) is 0 Å².